The van der Waals surface area contributed by atoms with E-state index in [1.807, 2.05) is 31.2 Å². The van der Waals surface area contributed by atoms with E-state index in [2.05, 4.69) is 15.3 Å². The average molecular weight is 293 g/mol. The number of fused-ring (bicyclic) bond motifs is 1. The SMILES string of the molecule is Cc1nn2cnnc2cc1Cc1c(Cl)cccc1Cl. The van der Waals surface area contributed by atoms with Crippen LogP contribution in [0.2, 0.25) is 10.0 Å². The first kappa shape index (κ1) is 12.4. The fourth-order valence-electron chi connectivity index (χ4n) is 1.97. The van der Waals surface area contributed by atoms with E-state index >= 15 is 0 Å². The Morgan fingerprint density at radius 1 is 1.21 bits per heavy atom. The van der Waals surface area contributed by atoms with E-state index in [0.717, 1.165) is 16.8 Å². The highest BCUT2D eigenvalue weighted by Crippen LogP contribution is 2.27. The predicted molar refractivity (Wildman–Crippen MR) is 74.8 cm³/mol. The van der Waals surface area contributed by atoms with Crippen LogP contribution in [0.3, 0.4) is 0 Å². The molecule has 0 radical (unpaired) electrons. The molecule has 3 rings (SSSR count). The second-order valence-corrected chi connectivity index (χ2v) is 5.08. The molecule has 0 amide bonds. The maximum absolute atomic E-state index is 6.19. The zero-order valence-electron chi connectivity index (χ0n) is 10.1. The van der Waals surface area contributed by atoms with Crippen molar-refractivity contribution in [3.63, 3.8) is 0 Å². The van der Waals surface area contributed by atoms with E-state index < -0.39 is 0 Å². The van der Waals surface area contributed by atoms with Gasteiger partial charge in [0, 0.05) is 16.5 Å². The Labute approximate surface area is 120 Å². The first-order valence-corrected chi connectivity index (χ1v) is 6.50. The minimum absolute atomic E-state index is 0.626. The molecule has 0 spiro atoms. The quantitative estimate of drug-likeness (QED) is 0.728. The molecule has 4 nitrogen and oxygen atoms in total. The van der Waals surface area contributed by atoms with E-state index in [1.54, 1.807) is 10.8 Å². The van der Waals surface area contributed by atoms with E-state index in [0.29, 0.717) is 22.1 Å². The van der Waals surface area contributed by atoms with Crippen LogP contribution in [-0.2, 0) is 6.42 Å². The topological polar surface area (TPSA) is 43.1 Å². The Bertz CT molecular complexity index is 731. The van der Waals surface area contributed by atoms with Crippen molar-refractivity contribution in [3.8, 4) is 0 Å². The summed E-state index contributed by atoms with van der Waals surface area (Å²) in [5.74, 6) is 0. The molecule has 2 aromatic heterocycles. The van der Waals surface area contributed by atoms with Crippen molar-refractivity contribution in [1.29, 1.82) is 0 Å². The first-order valence-electron chi connectivity index (χ1n) is 5.74. The molecule has 0 bridgehead atoms. The fourth-order valence-corrected chi connectivity index (χ4v) is 2.50. The second kappa shape index (κ2) is 4.79. The molecule has 0 N–H and O–H groups in total. The van der Waals surface area contributed by atoms with Crippen molar-refractivity contribution >= 4 is 28.8 Å². The van der Waals surface area contributed by atoms with E-state index in [9.17, 15) is 0 Å². The fraction of sp³-hybridized carbons (Fsp3) is 0.154. The van der Waals surface area contributed by atoms with Crippen LogP contribution in [0.15, 0.2) is 30.6 Å². The average Bonchev–Trinajstić information content (AvgIpc) is 2.81. The zero-order chi connectivity index (χ0) is 13.4. The number of hydrogen-bond acceptors (Lipinski definition) is 3. The Morgan fingerprint density at radius 3 is 2.68 bits per heavy atom. The van der Waals surface area contributed by atoms with Crippen LogP contribution in [0.5, 0.6) is 0 Å². The van der Waals surface area contributed by atoms with Crippen LogP contribution in [0.25, 0.3) is 5.65 Å². The molecule has 96 valence electrons. The number of benzene rings is 1. The van der Waals surface area contributed by atoms with Gasteiger partial charge in [0.25, 0.3) is 0 Å². The summed E-state index contributed by atoms with van der Waals surface area (Å²) >= 11 is 12.4. The Kier molecular flexibility index (Phi) is 3.12. The molecule has 3 aromatic rings. The molecule has 6 heteroatoms. The van der Waals surface area contributed by atoms with Gasteiger partial charge in [0.2, 0.25) is 0 Å². The highest BCUT2D eigenvalue weighted by molar-refractivity contribution is 6.36. The molecule has 0 fully saturated rings. The first-order chi connectivity index (χ1) is 9.15. The minimum atomic E-state index is 0.626. The summed E-state index contributed by atoms with van der Waals surface area (Å²) in [6, 6.07) is 7.46. The molecule has 0 saturated carbocycles. The van der Waals surface area contributed by atoms with Gasteiger partial charge < -0.3 is 0 Å². The van der Waals surface area contributed by atoms with Crippen molar-refractivity contribution in [2.75, 3.05) is 0 Å². The van der Waals surface area contributed by atoms with Crippen LogP contribution in [-0.4, -0.2) is 19.8 Å². The molecule has 0 atom stereocenters. The van der Waals surface area contributed by atoms with Crippen molar-refractivity contribution < 1.29 is 0 Å². The molecule has 0 unspecified atom stereocenters. The number of rotatable bonds is 2. The van der Waals surface area contributed by atoms with Gasteiger partial charge in [0.05, 0.1) is 5.69 Å². The second-order valence-electron chi connectivity index (χ2n) is 4.27. The van der Waals surface area contributed by atoms with Gasteiger partial charge in [0.15, 0.2) is 5.65 Å². The largest absolute Gasteiger partial charge is 0.200 e. The van der Waals surface area contributed by atoms with Gasteiger partial charge in [0.1, 0.15) is 6.33 Å². The van der Waals surface area contributed by atoms with Gasteiger partial charge in [-0.1, -0.05) is 29.3 Å². The van der Waals surface area contributed by atoms with Gasteiger partial charge in [-0.3, -0.25) is 0 Å². The number of aromatic nitrogens is 4. The number of hydrogen-bond donors (Lipinski definition) is 0. The summed E-state index contributed by atoms with van der Waals surface area (Å²) in [7, 11) is 0. The van der Waals surface area contributed by atoms with Crippen LogP contribution in [0.1, 0.15) is 16.8 Å². The highest BCUT2D eigenvalue weighted by Gasteiger charge is 2.10. The Hall–Kier alpha value is -1.65. The molecule has 19 heavy (non-hydrogen) atoms. The van der Waals surface area contributed by atoms with Crippen molar-refractivity contribution in [1.82, 2.24) is 19.8 Å². The molecular formula is C13H10Cl2N4. The summed E-state index contributed by atoms with van der Waals surface area (Å²) in [5, 5.41) is 13.5. The summed E-state index contributed by atoms with van der Waals surface area (Å²) in [6.45, 7) is 1.94. The monoisotopic (exact) mass is 292 g/mol. The molecular weight excluding hydrogens is 283 g/mol. The van der Waals surface area contributed by atoms with Crippen LogP contribution in [0, 0.1) is 6.92 Å². The maximum atomic E-state index is 6.19. The van der Waals surface area contributed by atoms with Crippen LogP contribution in [0.4, 0.5) is 0 Å². The lowest BCUT2D eigenvalue weighted by Crippen LogP contribution is -2.01. The summed E-state index contributed by atoms with van der Waals surface area (Å²) < 4.78 is 1.65. The number of nitrogens with zero attached hydrogens (tertiary/aromatic N) is 4. The lowest BCUT2D eigenvalue weighted by Gasteiger charge is -2.09. The van der Waals surface area contributed by atoms with Crippen molar-refractivity contribution in [3.05, 3.63) is 57.5 Å². The third-order valence-corrected chi connectivity index (χ3v) is 3.72. The lowest BCUT2D eigenvalue weighted by atomic mass is 10.0. The van der Waals surface area contributed by atoms with Crippen molar-refractivity contribution in [2.45, 2.75) is 13.3 Å². The van der Waals surface area contributed by atoms with E-state index in [1.165, 1.54) is 0 Å². The molecule has 0 aliphatic heterocycles. The minimum Gasteiger partial charge on any atom is -0.200 e. The van der Waals surface area contributed by atoms with Gasteiger partial charge >= 0.3 is 0 Å². The van der Waals surface area contributed by atoms with Gasteiger partial charge in [-0.15, -0.1) is 10.2 Å². The van der Waals surface area contributed by atoms with Crippen molar-refractivity contribution in [2.24, 2.45) is 0 Å². The lowest BCUT2D eigenvalue weighted by molar-refractivity contribution is 0.873. The van der Waals surface area contributed by atoms with E-state index in [-0.39, 0.29) is 0 Å². The molecule has 2 heterocycles. The molecule has 0 aliphatic rings. The van der Waals surface area contributed by atoms with Gasteiger partial charge in [-0.25, -0.2) is 4.52 Å². The number of aryl methyl sites for hydroxylation is 1. The third-order valence-electron chi connectivity index (χ3n) is 3.01. The summed E-state index contributed by atoms with van der Waals surface area (Å²) in [6.07, 6.45) is 2.20. The van der Waals surface area contributed by atoms with Gasteiger partial charge in [-0.2, -0.15) is 5.10 Å². The Balaban J connectivity index is 2.07. The van der Waals surface area contributed by atoms with Crippen LogP contribution >= 0.6 is 23.2 Å². The third kappa shape index (κ3) is 2.29. The van der Waals surface area contributed by atoms with E-state index in [4.69, 9.17) is 23.2 Å². The predicted octanol–water partition coefficient (Wildman–Crippen LogP) is 3.33. The highest BCUT2D eigenvalue weighted by atomic mass is 35.5. The molecule has 0 saturated heterocycles. The van der Waals surface area contributed by atoms with Crippen LogP contribution < -0.4 is 0 Å². The standard InChI is InChI=1S/C13H10Cl2N4/c1-8-9(6-13-17-16-7-19(13)18-8)5-10-11(14)3-2-4-12(10)15/h2-4,6-7H,5H2,1H3. The molecule has 0 aliphatic carbocycles. The summed E-state index contributed by atoms with van der Waals surface area (Å²) in [4.78, 5) is 0. The number of halogens is 2. The maximum Gasteiger partial charge on any atom is 0.177 e. The molecule has 1 aromatic carbocycles. The summed E-state index contributed by atoms with van der Waals surface area (Å²) in [5.41, 5.74) is 3.56. The van der Waals surface area contributed by atoms with Gasteiger partial charge in [-0.05, 0) is 36.2 Å². The Morgan fingerprint density at radius 2 is 1.95 bits per heavy atom. The zero-order valence-corrected chi connectivity index (χ0v) is 11.7. The smallest absolute Gasteiger partial charge is 0.177 e. The normalized spacial score (nSPS) is 11.1.